The van der Waals surface area contributed by atoms with Crippen molar-refractivity contribution in [3.05, 3.63) is 35.1 Å². The summed E-state index contributed by atoms with van der Waals surface area (Å²) in [7, 11) is 1.22. The van der Waals surface area contributed by atoms with Crippen molar-refractivity contribution in [3.8, 4) is 0 Å². The summed E-state index contributed by atoms with van der Waals surface area (Å²) in [5.41, 5.74) is -0.536. The highest BCUT2D eigenvalue weighted by Crippen LogP contribution is 2.29. The number of amides is 1. The summed E-state index contributed by atoms with van der Waals surface area (Å²) < 4.78 is 44.3. The van der Waals surface area contributed by atoms with E-state index in [1.807, 2.05) is 0 Å². The Morgan fingerprint density at radius 1 is 1.24 bits per heavy atom. The Morgan fingerprint density at radius 3 is 2.48 bits per heavy atom. The van der Waals surface area contributed by atoms with Crippen molar-refractivity contribution < 1.29 is 27.5 Å². The van der Waals surface area contributed by atoms with E-state index in [1.165, 1.54) is 12.0 Å². The third-order valence-electron chi connectivity index (χ3n) is 3.30. The molecule has 0 N–H and O–H groups in total. The molecule has 0 radical (unpaired) electrons. The average Bonchev–Trinajstić information content (AvgIpc) is 3.29. The second-order valence-corrected chi connectivity index (χ2v) is 4.78. The highest BCUT2D eigenvalue weighted by molar-refractivity contribution is 5.95. The standard InChI is InChI=1S/C14H14F3NO3/c1-21-11(19)6-7-18(8-2-3-8)14(20)9-4-5-10(15)13(17)12(9)16/h4-5,8H,2-3,6-7H2,1H3. The Labute approximate surface area is 119 Å². The number of halogens is 3. The van der Waals surface area contributed by atoms with Crippen LogP contribution in [0.4, 0.5) is 13.2 Å². The molecule has 0 heterocycles. The van der Waals surface area contributed by atoms with Crippen LogP contribution in [0.1, 0.15) is 29.6 Å². The number of ether oxygens (including phenoxy) is 1. The molecule has 0 unspecified atom stereocenters. The van der Waals surface area contributed by atoms with Crippen LogP contribution in [0.25, 0.3) is 0 Å². The lowest BCUT2D eigenvalue weighted by molar-refractivity contribution is -0.140. The Hall–Kier alpha value is -2.05. The maximum atomic E-state index is 13.7. The van der Waals surface area contributed by atoms with Gasteiger partial charge in [-0.3, -0.25) is 9.59 Å². The lowest BCUT2D eigenvalue weighted by atomic mass is 10.1. The second-order valence-electron chi connectivity index (χ2n) is 4.78. The summed E-state index contributed by atoms with van der Waals surface area (Å²) in [5, 5.41) is 0. The van der Waals surface area contributed by atoms with Gasteiger partial charge in [0.25, 0.3) is 5.91 Å². The Morgan fingerprint density at radius 2 is 1.90 bits per heavy atom. The van der Waals surface area contributed by atoms with E-state index >= 15 is 0 Å². The van der Waals surface area contributed by atoms with E-state index in [-0.39, 0.29) is 19.0 Å². The zero-order valence-corrected chi connectivity index (χ0v) is 11.4. The van der Waals surface area contributed by atoms with Gasteiger partial charge in [0.15, 0.2) is 17.5 Å². The fourth-order valence-corrected chi connectivity index (χ4v) is 2.00. The SMILES string of the molecule is COC(=O)CCN(C(=O)c1ccc(F)c(F)c1F)C1CC1. The summed E-state index contributed by atoms with van der Waals surface area (Å²) in [6.45, 7) is 0.0502. The molecule has 1 aliphatic carbocycles. The van der Waals surface area contributed by atoms with Crippen LogP contribution < -0.4 is 0 Å². The minimum absolute atomic E-state index is 0.0377. The third kappa shape index (κ3) is 3.34. The van der Waals surface area contributed by atoms with Gasteiger partial charge in [-0.1, -0.05) is 0 Å². The fraction of sp³-hybridized carbons (Fsp3) is 0.429. The summed E-state index contributed by atoms with van der Waals surface area (Å²) in [4.78, 5) is 24.7. The molecule has 1 amide bonds. The molecule has 7 heteroatoms. The number of carbonyl (C=O) groups excluding carboxylic acids is 2. The molecule has 1 aromatic rings. The summed E-state index contributed by atoms with van der Waals surface area (Å²) in [6.07, 6.45) is 1.43. The number of rotatable bonds is 5. The van der Waals surface area contributed by atoms with Gasteiger partial charge in [0.2, 0.25) is 0 Å². The average molecular weight is 301 g/mol. The smallest absolute Gasteiger partial charge is 0.307 e. The molecule has 1 aliphatic rings. The van der Waals surface area contributed by atoms with E-state index in [0.29, 0.717) is 6.07 Å². The van der Waals surface area contributed by atoms with Crippen LogP contribution >= 0.6 is 0 Å². The molecule has 0 aromatic heterocycles. The van der Waals surface area contributed by atoms with E-state index in [0.717, 1.165) is 18.9 Å². The van der Waals surface area contributed by atoms with Crippen molar-refractivity contribution >= 4 is 11.9 Å². The van der Waals surface area contributed by atoms with Gasteiger partial charge in [-0.25, -0.2) is 13.2 Å². The van der Waals surface area contributed by atoms with Gasteiger partial charge in [0.05, 0.1) is 19.1 Å². The van der Waals surface area contributed by atoms with E-state index < -0.39 is 34.9 Å². The van der Waals surface area contributed by atoms with Crippen molar-refractivity contribution in [1.82, 2.24) is 4.90 Å². The molecule has 0 bridgehead atoms. The predicted molar refractivity (Wildman–Crippen MR) is 67.0 cm³/mol. The number of hydrogen-bond donors (Lipinski definition) is 0. The first kappa shape index (κ1) is 15.3. The van der Waals surface area contributed by atoms with Gasteiger partial charge in [0.1, 0.15) is 0 Å². The predicted octanol–water partition coefficient (Wildman–Crippen LogP) is 2.27. The Kier molecular flexibility index (Phi) is 4.50. The van der Waals surface area contributed by atoms with Crippen LogP contribution in [0.5, 0.6) is 0 Å². The molecule has 0 spiro atoms. The first-order chi connectivity index (χ1) is 9.95. The van der Waals surface area contributed by atoms with Gasteiger partial charge in [-0.15, -0.1) is 0 Å². The summed E-state index contributed by atoms with van der Waals surface area (Å²) in [5.74, 6) is -5.79. The minimum Gasteiger partial charge on any atom is -0.469 e. The highest BCUT2D eigenvalue weighted by atomic mass is 19.2. The van der Waals surface area contributed by atoms with Crippen LogP contribution in [0.15, 0.2) is 12.1 Å². The number of hydrogen-bond acceptors (Lipinski definition) is 3. The van der Waals surface area contributed by atoms with Crippen LogP contribution in [0.2, 0.25) is 0 Å². The maximum absolute atomic E-state index is 13.7. The van der Waals surface area contributed by atoms with Crippen LogP contribution in [0.3, 0.4) is 0 Å². The molecule has 1 aromatic carbocycles. The maximum Gasteiger partial charge on any atom is 0.307 e. The molecule has 4 nitrogen and oxygen atoms in total. The zero-order valence-electron chi connectivity index (χ0n) is 11.4. The van der Waals surface area contributed by atoms with Gasteiger partial charge < -0.3 is 9.64 Å². The normalized spacial score (nSPS) is 13.9. The molecule has 114 valence electrons. The quantitative estimate of drug-likeness (QED) is 0.619. The van der Waals surface area contributed by atoms with Crippen molar-refractivity contribution in [1.29, 1.82) is 0 Å². The number of esters is 1. The van der Waals surface area contributed by atoms with Crippen LogP contribution in [-0.4, -0.2) is 36.5 Å². The first-order valence-electron chi connectivity index (χ1n) is 6.47. The van der Waals surface area contributed by atoms with Gasteiger partial charge in [0, 0.05) is 12.6 Å². The molecular weight excluding hydrogens is 287 g/mol. The Bertz CT molecular complexity index is 573. The number of nitrogens with zero attached hydrogens (tertiary/aromatic N) is 1. The van der Waals surface area contributed by atoms with Gasteiger partial charge in [-0.05, 0) is 25.0 Å². The topological polar surface area (TPSA) is 46.6 Å². The first-order valence-corrected chi connectivity index (χ1v) is 6.47. The largest absolute Gasteiger partial charge is 0.469 e. The lowest BCUT2D eigenvalue weighted by Crippen LogP contribution is -2.35. The fourth-order valence-electron chi connectivity index (χ4n) is 2.00. The second kappa shape index (κ2) is 6.15. The van der Waals surface area contributed by atoms with Gasteiger partial charge >= 0.3 is 5.97 Å². The molecule has 0 saturated heterocycles. The van der Waals surface area contributed by atoms with Crippen molar-refractivity contribution in [2.75, 3.05) is 13.7 Å². The van der Waals surface area contributed by atoms with Crippen molar-refractivity contribution in [2.45, 2.75) is 25.3 Å². The van der Waals surface area contributed by atoms with Crippen molar-refractivity contribution in [2.24, 2.45) is 0 Å². The van der Waals surface area contributed by atoms with E-state index in [9.17, 15) is 22.8 Å². The highest BCUT2D eigenvalue weighted by Gasteiger charge is 2.34. The summed E-state index contributed by atoms with van der Waals surface area (Å²) in [6, 6.07) is 1.51. The molecule has 2 rings (SSSR count). The summed E-state index contributed by atoms with van der Waals surface area (Å²) >= 11 is 0. The lowest BCUT2D eigenvalue weighted by Gasteiger charge is -2.22. The Balaban J connectivity index is 2.19. The van der Waals surface area contributed by atoms with Crippen molar-refractivity contribution in [3.63, 3.8) is 0 Å². The molecule has 1 saturated carbocycles. The zero-order chi connectivity index (χ0) is 15.6. The number of benzene rings is 1. The van der Waals surface area contributed by atoms with E-state index in [2.05, 4.69) is 4.74 Å². The van der Waals surface area contributed by atoms with Crippen LogP contribution in [-0.2, 0) is 9.53 Å². The van der Waals surface area contributed by atoms with Gasteiger partial charge in [-0.2, -0.15) is 0 Å². The van der Waals surface area contributed by atoms with E-state index in [1.54, 1.807) is 0 Å². The number of carbonyl (C=O) groups is 2. The van der Waals surface area contributed by atoms with Crippen LogP contribution in [0, 0.1) is 17.5 Å². The van der Waals surface area contributed by atoms with E-state index in [4.69, 9.17) is 0 Å². The monoisotopic (exact) mass is 301 g/mol. The molecular formula is C14H14F3NO3. The minimum atomic E-state index is -1.68. The molecule has 0 atom stereocenters. The molecule has 21 heavy (non-hydrogen) atoms. The molecule has 1 fully saturated rings. The number of methoxy groups -OCH3 is 1. The molecule has 0 aliphatic heterocycles. The third-order valence-corrected chi connectivity index (χ3v) is 3.30.